The summed E-state index contributed by atoms with van der Waals surface area (Å²) < 4.78 is 18.0. The van der Waals surface area contributed by atoms with Crippen LogP contribution in [0.2, 0.25) is 0 Å². The molecule has 0 spiro atoms. The van der Waals surface area contributed by atoms with Crippen LogP contribution in [0.4, 0.5) is 4.39 Å². The van der Waals surface area contributed by atoms with Crippen molar-refractivity contribution >= 4 is 12.4 Å². The highest BCUT2D eigenvalue weighted by Crippen LogP contribution is 2.15. The molecule has 0 radical (unpaired) electrons. The number of hydrogen-bond donors (Lipinski definition) is 1. The van der Waals surface area contributed by atoms with Crippen LogP contribution in [0.15, 0.2) is 18.2 Å². The van der Waals surface area contributed by atoms with Gasteiger partial charge in [-0.05, 0) is 12.1 Å². The smallest absolute Gasteiger partial charge is 0.144 e. The first-order valence-electron chi connectivity index (χ1n) is 3.80. The minimum absolute atomic E-state index is 0. The van der Waals surface area contributed by atoms with Crippen LogP contribution in [0, 0.1) is 17.1 Å². The van der Waals surface area contributed by atoms with E-state index in [9.17, 15) is 4.39 Å². The average Bonchev–Trinajstić information content (AvgIpc) is 2.15. The molecule has 1 aromatic rings. The van der Waals surface area contributed by atoms with E-state index in [1.54, 1.807) is 6.07 Å². The summed E-state index contributed by atoms with van der Waals surface area (Å²) in [5.41, 5.74) is 5.21. The molecule has 0 aliphatic rings. The van der Waals surface area contributed by atoms with E-state index in [0.717, 1.165) is 0 Å². The van der Waals surface area contributed by atoms with Crippen molar-refractivity contribution in [2.75, 3.05) is 13.2 Å². The number of rotatable bonds is 3. The Morgan fingerprint density at radius 1 is 1.50 bits per heavy atom. The monoisotopic (exact) mass is 216 g/mol. The van der Waals surface area contributed by atoms with Gasteiger partial charge in [0, 0.05) is 12.6 Å². The summed E-state index contributed by atoms with van der Waals surface area (Å²) in [5, 5.41) is 8.43. The van der Waals surface area contributed by atoms with Crippen molar-refractivity contribution in [2.45, 2.75) is 0 Å². The largest absolute Gasteiger partial charge is 0.492 e. The van der Waals surface area contributed by atoms with Gasteiger partial charge in [0.05, 0.1) is 5.56 Å². The minimum atomic E-state index is -0.572. The van der Waals surface area contributed by atoms with Gasteiger partial charge in [0.2, 0.25) is 0 Å². The Kier molecular flexibility index (Phi) is 5.61. The highest BCUT2D eigenvalue weighted by molar-refractivity contribution is 5.85. The topological polar surface area (TPSA) is 59.0 Å². The summed E-state index contributed by atoms with van der Waals surface area (Å²) >= 11 is 0. The standard InChI is InChI=1S/C9H9FN2O.ClH/c10-9-5-8(13-4-3-11)2-1-7(9)6-12;/h1-2,5H,3-4,11H2;1H. The number of ether oxygens (including phenoxy) is 1. The fourth-order valence-corrected chi connectivity index (χ4v) is 0.853. The van der Waals surface area contributed by atoms with Crippen molar-refractivity contribution in [1.82, 2.24) is 0 Å². The van der Waals surface area contributed by atoms with E-state index in [2.05, 4.69) is 0 Å². The van der Waals surface area contributed by atoms with Gasteiger partial charge in [-0.25, -0.2) is 4.39 Å². The molecule has 1 rings (SSSR count). The quantitative estimate of drug-likeness (QED) is 0.832. The molecule has 76 valence electrons. The predicted molar refractivity (Wildman–Crippen MR) is 52.9 cm³/mol. The Bertz CT molecular complexity index is 338. The second-order valence-corrected chi connectivity index (χ2v) is 2.39. The lowest BCUT2D eigenvalue weighted by Crippen LogP contribution is -2.10. The molecule has 0 saturated carbocycles. The van der Waals surface area contributed by atoms with Crippen LogP contribution in [0.1, 0.15) is 5.56 Å². The van der Waals surface area contributed by atoms with Gasteiger partial charge in [0.1, 0.15) is 24.2 Å². The summed E-state index contributed by atoms with van der Waals surface area (Å²) in [5.74, 6) is -0.182. The molecule has 0 saturated heterocycles. The van der Waals surface area contributed by atoms with E-state index in [-0.39, 0.29) is 18.0 Å². The molecular weight excluding hydrogens is 207 g/mol. The van der Waals surface area contributed by atoms with E-state index in [4.69, 9.17) is 15.7 Å². The van der Waals surface area contributed by atoms with Gasteiger partial charge in [-0.15, -0.1) is 12.4 Å². The Balaban J connectivity index is 0.00000169. The van der Waals surface area contributed by atoms with E-state index < -0.39 is 5.82 Å². The second-order valence-electron chi connectivity index (χ2n) is 2.39. The first kappa shape index (κ1) is 12.7. The lowest BCUT2D eigenvalue weighted by Gasteiger charge is -2.03. The molecule has 5 heteroatoms. The number of nitrogens with two attached hydrogens (primary N) is 1. The third-order valence-electron chi connectivity index (χ3n) is 1.45. The zero-order valence-corrected chi connectivity index (χ0v) is 8.18. The molecule has 3 nitrogen and oxygen atoms in total. The van der Waals surface area contributed by atoms with Crippen molar-refractivity contribution in [3.05, 3.63) is 29.6 Å². The number of halogens is 2. The lowest BCUT2D eigenvalue weighted by atomic mass is 10.2. The van der Waals surface area contributed by atoms with Gasteiger partial charge in [0.25, 0.3) is 0 Å². The molecule has 0 amide bonds. The van der Waals surface area contributed by atoms with Crippen LogP contribution in [0.25, 0.3) is 0 Å². The number of hydrogen-bond acceptors (Lipinski definition) is 3. The van der Waals surface area contributed by atoms with Crippen LogP contribution in [0.3, 0.4) is 0 Å². The molecule has 0 fully saturated rings. The number of benzene rings is 1. The summed E-state index contributed by atoms with van der Waals surface area (Å²) in [7, 11) is 0. The molecule has 0 aromatic heterocycles. The minimum Gasteiger partial charge on any atom is -0.492 e. The highest BCUT2D eigenvalue weighted by atomic mass is 35.5. The molecule has 0 unspecified atom stereocenters. The molecule has 0 bridgehead atoms. The zero-order valence-electron chi connectivity index (χ0n) is 7.37. The van der Waals surface area contributed by atoms with Gasteiger partial charge in [-0.1, -0.05) is 0 Å². The first-order chi connectivity index (χ1) is 6.27. The van der Waals surface area contributed by atoms with Gasteiger partial charge in [-0.2, -0.15) is 5.26 Å². The first-order valence-corrected chi connectivity index (χ1v) is 3.80. The van der Waals surface area contributed by atoms with Crippen molar-refractivity contribution in [2.24, 2.45) is 5.73 Å². The molecule has 0 atom stereocenters. The molecular formula is C9H10ClFN2O. The molecule has 0 aliphatic heterocycles. The fourth-order valence-electron chi connectivity index (χ4n) is 0.853. The molecule has 14 heavy (non-hydrogen) atoms. The normalized spacial score (nSPS) is 8.64. The van der Waals surface area contributed by atoms with Crippen molar-refractivity contribution in [1.29, 1.82) is 5.26 Å². The van der Waals surface area contributed by atoms with Gasteiger partial charge < -0.3 is 10.5 Å². The number of nitrogens with zero attached hydrogens (tertiary/aromatic N) is 1. The average molecular weight is 217 g/mol. The predicted octanol–water partition coefficient (Wildman–Crippen LogP) is 1.46. The molecule has 1 aromatic carbocycles. The molecule has 0 heterocycles. The Hall–Kier alpha value is -1.31. The summed E-state index contributed by atoms with van der Waals surface area (Å²) in [6.07, 6.45) is 0. The summed E-state index contributed by atoms with van der Waals surface area (Å²) in [6, 6.07) is 5.81. The van der Waals surface area contributed by atoms with Gasteiger partial charge in [-0.3, -0.25) is 0 Å². The maximum absolute atomic E-state index is 12.9. The van der Waals surface area contributed by atoms with Crippen LogP contribution in [-0.4, -0.2) is 13.2 Å². The van der Waals surface area contributed by atoms with E-state index >= 15 is 0 Å². The van der Waals surface area contributed by atoms with E-state index in [0.29, 0.717) is 18.9 Å². The summed E-state index contributed by atoms with van der Waals surface area (Å²) in [6.45, 7) is 0.715. The zero-order chi connectivity index (χ0) is 9.68. The SMILES string of the molecule is Cl.N#Cc1ccc(OCCN)cc1F. The van der Waals surface area contributed by atoms with Crippen LogP contribution in [0.5, 0.6) is 5.75 Å². The number of nitriles is 1. The van der Waals surface area contributed by atoms with Crippen LogP contribution < -0.4 is 10.5 Å². The van der Waals surface area contributed by atoms with E-state index in [1.807, 2.05) is 0 Å². The van der Waals surface area contributed by atoms with Crippen LogP contribution >= 0.6 is 12.4 Å². The van der Waals surface area contributed by atoms with E-state index in [1.165, 1.54) is 18.2 Å². The Labute approximate surface area is 87.7 Å². The summed E-state index contributed by atoms with van der Waals surface area (Å²) in [4.78, 5) is 0. The van der Waals surface area contributed by atoms with Crippen molar-refractivity contribution in [3.63, 3.8) is 0 Å². The third-order valence-corrected chi connectivity index (χ3v) is 1.45. The van der Waals surface area contributed by atoms with Gasteiger partial charge in [0.15, 0.2) is 0 Å². The van der Waals surface area contributed by atoms with Crippen molar-refractivity contribution in [3.8, 4) is 11.8 Å². The third kappa shape index (κ3) is 3.21. The Morgan fingerprint density at radius 3 is 2.71 bits per heavy atom. The van der Waals surface area contributed by atoms with Gasteiger partial charge >= 0.3 is 0 Å². The highest BCUT2D eigenvalue weighted by Gasteiger charge is 2.02. The molecule has 0 aliphatic carbocycles. The fraction of sp³-hybridized carbons (Fsp3) is 0.222. The maximum atomic E-state index is 12.9. The van der Waals surface area contributed by atoms with Crippen molar-refractivity contribution < 1.29 is 9.13 Å². The maximum Gasteiger partial charge on any atom is 0.144 e. The van der Waals surface area contributed by atoms with Crippen LogP contribution in [-0.2, 0) is 0 Å². The lowest BCUT2D eigenvalue weighted by molar-refractivity contribution is 0.326. The molecule has 2 N–H and O–H groups in total. The Morgan fingerprint density at radius 2 is 2.21 bits per heavy atom. The second kappa shape index (κ2) is 6.19.